The van der Waals surface area contributed by atoms with E-state index in [4.69, 9.17) is 15.2 Å². The van der Waals surface area contributed by atoms with Gasteiger partial charge in [0.15, 0.2) is 0 Å². The molecule has 0 aliphatic rings. The SMILES string of the molecule is COc1cccc(OC)c1CC(=O)N(CCN)CCc1ccccc1.Cl. The fourth-order valence-electron chi connectivity index (χ4n) is 2.79. The van der Waals surface area contributed by atoms with Crippen LogP contribution < -0.4 is 15.2 Å². The van der Waals surface area contributed by atoms with Crippen LogP contribution in [0.3, 0.4) is 0 Å². The molecule has 0 spiro atoms. The lowest BCUT2D eigenvalue weighted by Gasteiger charge is -2.23. The molecule has 5 nitrogen and oxygen atoms in total. The van der Waals surface area contributed by atoms with Crippen molar-refractivity contribution in [1.82, 2.24) is 4.90 Å². The van der Waals surface area contributed by atoms with Crippen molar-refractivity contribution in [3.05, 3.63) is 59.7 Å². The molecule has 0 unspecified atom stereocenters. The Labute approximate surface area is 161 Å². The molecular formula is C20H27ClN2O3. The summed E-state index contributed by atoms with van der Waals surface area (Å²) in [6, 6.07) is 15.6. The number of hydrogen-bond acceptors (Lipinski definition) is 4. The normalized spacial score (nSPS) is 9.96. The Morgan fingerprint density at radius 1 is 0.962 bits per heavy atom. The number of methoxy groups -OCH3 is 2. The Hall–Kier alpha value is -2.24. The summed E-state index contributed by atoms with van der Waals surface area (Å²) in [6.45, 7) is 1.60. The van der Waals surface area contributed by atoms with E-state index in [0.29, 0.717) is 31.1 Å². The van der Waals surface area contributed by atoms with Crippen molar-refractivity contribution in [2.45, 2.75) is 12.8 Å². The molecule has 0 aromatic heterocycles. The Morgan fingerprint density at radius 2 is 1.58 bits per heavy atom. The summed E-state index contributed by atoms with van der Waals surface area (Å²) in [7, 11) is 3.19. The number of nitrogens with two attached hydrogens (primary N) is 1. The first kappa shape index (κ1) is 21.8. The van der Waals surface area contributed by atoms with Crippen LogP contribution in [0.15, 0.2) is 48.5 Å². The van der Waals surface area contributed by atoms with Crippen LogP contribution in [-0.2, 0) is 17.6 Å². The number of carbonyl (C=O) groups is 1. The molecule has 0 fully saturated rings. The van der Waals surface area contributed by atoms with Gasteiger partial charge in [-0.05, 0) is 24.1 Å². The summed E-state index contributed by atoms with van der Waals surface area (Å²) < 4.78 is 10.8. The zero-order chi connectivity index (χ0) is 18.1. The maximum absolute atomic E-state index is 12.8. The van der Waals surface area contributed by atoms with Gasteiger partial charge in [-0.25, -0.2) is 0 Å². The van der Waals surface area contributed by atoms with Gasteiger partial charge in [0.05, 0.1) is 20.6 Å². The second kappa shape index (κ2) is 11.4. The van der Waals surface area contributed by atoms with E-state index in [9.17, 15) is 4.79 Å². The zero-order valence-electron chi connectivity index (χ0n) is 15.3. The van der Waals surface area contributed by atoms with Crippen molar-refractivity contribution in [2.75, 3.05) is 33.9 Å². The summed E-state index contributed by atoms with van der Waals surface area (Å²) in [5.74, 6) is 1.33. The molecular weight excluding hydrogens is 352 g/mol. The third kappa shape index (κ3) is 5.93. The van der Waals surface area contributed by atoms with E-state index < -0.39 is 0 Å². The van der Waals surface area contributed by atoms with Crippen LogP contribution in [0.25, 0.3) is 0 Å². The highest BCUT2D eigenvalue weighted by Gasteiger charge is 2.18. The van der Waals surface area contributed by atoms with Gasteiger partial charge in [-0.2, -0.15) is 0 Å². The summed E-state index contributed by atoms with van der Waals surface area (Å²) in [6.07, 6.45) is 1.03. The molecule has 2 rings (SSSR count). The molecule has 6 heteroatoms. The monoisotopic (exact) mass is 378 g/mol. The summed E-state index contributed by atoms with van der Waals surface area (Å²) in [5, 5.41) is 0. The van der Waals surface area contributed by atoms with Gasteiger partial charge in [-0.1, -0.05) is 36.4 Å². The second-order valence-corrected chi connectivity index (χ2v) is 5.72. The standard InChI is InChI=1S/C20H26N2O3.ClH/c1-24-18-9-6-10-19(25-2)17(18)15-20(23)22(14-12-21)13-11-16-7-4-3-5-8-16;/h3-10H,11-15,21H2,1-2H3;1H. The molecule has 0 heterocycles. The van der Waals surface area contributed by atoms with Crippen LogP contribution in [0.2, 0.25) is 0 Å². The maximum atomic E-state index is 12.8. The molecule has 2 aromatic rings. The largest absolute Gasteiger partial charge is 0.496 e. The highest BCUT2D eigenvalue weighted by Crippen LogP contribution is 2.29. The minimum Gasteiger partial charge on any atom is -0.496 e. The topological polar surface area (TPSA) is 64.8 Å². The third-order valence-electron chi connectivity index (χ3n) is 4.12. The van der Waals surface area contributed by atoms with E-state index in [0.717, 1.165) is 12.0 Å². The summed E-state index contributed by atoms with van der Waals surface area (Å²) in [4.78, 5) is 14.6. The third-order valence-corrected chi connectivity index (χ3v) is 4.12. The Morgan fingerprint density at radius 3 is 2.12 bits per heavy atom. The molecule has 0 saturated heterocycles. The number of amides is 1. The highest BCUT2D eigenvalue weighted by molar-refractivity contribution is 5.85. The van der Waals surface area contributed by atoms with Crippen LogP contribution >= 0.6 is 12.4 Å². The quantitative estimate of drug-likeness (QED) is 0.728. The van der Waals surface area contributed by atoms with Gasteiger partial charge < -0.3 is 20.1 Å². The molecule has 2 aromatic carbocycles. The van der Waals surface area contributed by atoms with Crippen LogP contribution in [0, 0.1) is 0 Å². The lowest BCUT2D eigenvalue weighted by atomic mass is 10.1. The lowest BCUT2D eigenvalue weighted by molar-refractivity contribution is -0.130. The van der Waals surface area contributed by atoms with Crippen molar-refractivity contribution in [1.29, 1.82) is 0 Å². The van der Waals surface area contributed by atoms with E-state index in [2.05, 4.69) is 12.1 Å². The Balaban J connectivity index is 0.00000338. The van der Waals surface area contributed by atoms with Crippen LogP contribution in [0.4, 0.5) is 0 Å². The second-order valence-electron chi connectivity index (χ2n) is 5.72. The summed E-state index contributed by atoms with van der Waals surface area (Å²) >= 11 is 0. The molecule has 0 aliphatic heterocycles. The number of rotatable bonds is 9. The maximum Gasteiger partial charge on any atom is 0.227 e. The fourth-order valence-corrected chi connectivity index (χ4v) is 2.79. The van der Waals surface area contributed by atoms with Crippen LogP contribution in [0.5, 0.6) is 11.5 Å². The minimum atomic E-state index is 0. The summed E-state index contributed by atoms with van der Waals surface area (Å²) in [5.41, 5.74) is 7.66. The van der Waals surface area contributed by atoms with Gasteiger partial charge in [-0.15, -0.1) is 12.4 Å². The van der Waals surface area contributed by atoms with Gasteiger partial charge >= 0.3 is 0 Å². The molecule has 2 N–H and O–H groups in total. The molecule has 0 bridgehead atoms. The van der Waals surface area contributed by atoms with Gasteiger partial charge in [0.2, 0.25) is 5.91 Å². The molecule has 0 radical (unpaired) electrons. The molecule has 0 saturated carbocycles. The van der Waals surface area contributed by atoms with Gasteiger partial charge in [0.25, 0.3) is 0 Å². The number of halogens is 1. The minimum absolute atomic E-state index is 0. The molecule has 0 atom stereocenters. The van der Waals surface area contributed by atoms with E-state index in [1.165, 1.54) is 5.56 Å². The molecule has 1 amide bonds. The van der Waals surface area contributed by atoms with Crippen molar-refractivity contribution in [2.24, 2.45) is 5.73 Å². The average molecular weight is 379 g/mol. The smallest absolute Gasteiger partial charge is 0.227 e. The van der Waals surface area contributed by atoms with Gasteiger partial charge in [0, 0.05) is 25.2 Å². The molecule has 0 aliphatic carbocycles. The number of nitrogens with zero attached hydrogens (tertiary/aromatic N) is 1. The number of benzene rings is 2. The van der Waals surface area contributed by atoms with Gasteiger partial charge in [-0.3, -0.25) is 4.79 Å². The van der Waals surface area contributed by atoms with Gasteiger partial charge in [0.1, 0.15) is 11.5 Å². The first-order valence-corrected chi connectivity index (χ1v) is 8.41. The Bertz CT molecular complexity index is 658. The van der Waals surface area contributed by atoms with Crippen LogP contribution in [-0.4, -0.2) is 44.7 Å². The van der Waals surface area contributed by atoms with Crippen molar-refractivity contribution >= 4 is 18.3 Å². The fraction of sp³-hybridized carbons (Fsp3) is 0.350. The molecule has 26 heavy (non-hydrogen) atoms. The van der Waals surface area contributed by atoms with E-state index in [1.807, 2.05) is 36.4 Å². The number of ether oxygens (including phenoxy) is 2. The predicted molar refractivity (Wildman–Crippen MR) is 106 cm³/mol. The first-order valence-electron chi connectivity index (χ1n) is 8.41. The van der Waals surface area contributed by atoms with Crippen molar-refractivity contribution in [3.8, 4) is 11.5 Å². The van der Waals surface area contributed by atoms with E-state index in [1.54, 1.807) is 19.1 Å². The molecule has 142 valence electrons. The zero-order valence-corrected chi connectivity index (χ0v) is 16.1. The van der Waals surface area contributed by atoms with E-state index in [-0.39, 0.29) is 24.7 Å². The van der Waals surface area contributed by atoms with Crippen molar-refractivity contribution in [3.63, 3.8) is 0 Å². The first-order chi connectivity index (χ1) is 12.2. The lowest BCUT2D eigenvalue weighted by Crippen LogP contribution is -2.38. The average Bonchev–Trinajstić information content (AvgIpc) is 2.66. The Kier molecular flexibility index (Phi) is 9.55. The van der Waals surface area contributed by atoms with Crippen molar-refractivity contribution < 1.29 is 14.3 Å². The van der Waals surface area contributed by atoms with Crippen LogP contribution in [0.1, 0.15) is 11.1 Å². The number of hydrogen-bond donors (Lipinski definition) is 1. The predicted octanol–water partition coefficient (Wildman–Crippen LogP) is 2.70. The highest BCUT2D eigenvalue weighted by atomic mass is 35.5. The number of carbonyl (C=O) groups excluding carboxylic acids is 1. The van der Waals surface area contributed by atoms with E-state index >= 15 is 0 Å².